The van der Waals surface area contributed by atoms with Gasteiger partial charge in [-0.05, 0) is 12.0 Å². The minimum Gasteiger partial charge on any atom is -0.383 e. The summed E-state index contributed by atoms with van der Waals surface area (Å²) in [5.41, 5.74) is 1.08. The topological polar surface area (TPSA) is 70.7 Å². The molecule has 0 aliphatic carbocycles. The van der Waals surface area contributed by atoms with Gasteiger partial charge in [-0.3, -0.25) is 4.79 Å². The van der Waals surface area contributed by atoms with Crippen LogP contribution in [0, 0.1) is 0 Å². The van der Waals surface area contributed by atoms with Crippen LogP contribution in [0.2, 0.25) is 0 Å². The van der Waals surface area contributed by atoms with Crippen LogP contribution < -0.4 is 10.6 Å². The highest BCUT2D eigenvalue weighted by atomic mass is 16.5. The van der Waals surface area contributed by atoms with Crippen LogP contribution >= 0.6 is 0 Å². The lowest BCUT2D eigenvalue weighted by molar-refractivity contribution is -0.120. The molecule has 0 spiro atoms. The van der Waals surface area contributed by atoms with Crippen molar-refractivity contribution in [2.75, 3.05) is 33.4 Å². The number of hydrogen-bond donors (Lipinski definition) is 2. The predicted octanol–water partition coefficient (Wildman–Crippen LogP) is 1.25. The monoisotopic (exact) mass is 317 g/mol. The maximum atomic E-state index is 12.3. The van der Waals surface area contributed by atoms with Gasteiger partial charge in [-0.2, -0.15) is 0 Å². The maximum Gasteiger partial charge on any atom is 0.318 e. The average Bonchev–Trinajstić information content (AvgIpc) is 2.96. The first-order chi connectivity index (χ1) is 11.2. The fraction of sp³-hybridized carbons (Fsp3) is 0.412. The first kappa shape index (κ1) is 17.0. The summed E-state index contributed by atoms with van der Waals surface area (Å²) in [7, 11) is 1.60. The van der Waals surface area contributed by atoms with E-state index in [1.165, 1.54) is 0 Å². The highest BCUT2D eigenvalue weighted by molar-refractivity contribution is 5.88. The van der Waals surface area contributed by atoms with Gasteiger partial charge in [-0.15, -0.1) is 0 Å². The lowest BCUT2D eigenvalue weighted by Crippen LogP contribution is -2.48. The molecule has 0 bridgehead atoms. The number of ether oxygens (including phenoxy) is 1. The second kappa shape index (κ2) is 8.95. The van der Waals surface area contributed by atoms with E-state index >= 15 is 0 Å². The Kier molecular flexibility index (Phi) is 6.62. The number of nitrogens with zero attached hydrogens (tertiary/aromatic N) is 1. The number of methoxy groups -OCH3 is 1. The standard InChI is InChI=1S/C17H23N3O3/c1-23-13-12-20(11-5-8-14-6-3-2-4-7-14)17(22)19-15-9-10-18-16(15)21/h2-8,15H,9-13H2,1H3,(H,18,21)(H,19,22). The normalized spacial score (nSPS) is 17.3. The molecule has 1 unspecified atom stereocenters. The van der Waals surface area contributed by atoms with Crippen molar-refractivity contribution in [1.82, 2.24) is 15.5 Å². The number of amides is 3. The Morgan fingerprint density at radius 1 is 1.43 bits per heavy atom. The van der Waals surface area contributed by atoms with Crippen molar-refractivity contribution in [3.63, 3.8) is 0 Å². The summed E-state index contributed by atoms with van der Waals surface area (Å²) in [6, 6.07) is 9.20. The number of nitrogens with one attached hydrogen (secondary N) is 2. The molecular weight excluding hydrogens is 294 g/mol. The van der Waals surface area contributed by atoms with Gasteiger partial charge in [0.15, 0.2) is 0 Å². The number of hydrogen-bond acceptors (Lipinski definition) is 3. The maximum absolute atomic E-state index is 12.3. The van der Waals surface area contributed by atoms with Crippen LogP contribution in [0.5, 0.6) is 0 Å². The molecular formula is C17H23N3O3. The molecule has 0 aromatic heterocycles. The molecule has 1 aromatic rings. The quantitative estimate of drug-likeness (QED) is 0.795. The predicted molar refractivity (Wildman–Crippen MR) is 88.9 cm³/mol. The van der Waals surface area contributed by atoms with E-state index in [-0.39, 0.29) is 11.9 Å². The molecule has 6 nitrogen and oxygen atoms in total. The van der Waals surface area contributed by atoms with Crippen LogP contribution in [0.1, 0.15) is 12.0 Å². The zero-order chi connectivity index (χ0) is 16.5. The van der Waals surface area contributed by atoms with Gasteiger partial charge in [0, 0.05) is 26.7 Å². The van der Waals surface area contributed by atoms with Crippen LogP contribution in [-0.4, -0.2) is 56.2 Å². The van der Waals surface area contributed by atoms with Crippen molar-refractivity contribution < 1.29 is 14.3 Å². The Balaban J connectivity index is 1.91. The lowest BCUT2D eigenvalue weighted by atomic mass is 10.2. The molecule has 0 saturated carbocycles. The van der Waals surface area contributed by atoms with Gasteiger partial charge in [-0.1, -0.05) is 42.5 Å². The Hall–Kier alpha value is -2.34. The molecule has 23 heavy (non-hydrogen) atoms. The van der Waals surface area contributed by atoms with Gasteiger partial charge in [0.25, 0.3) is 0 Å². The fourth-order valence-electron chi connectivity index (χ4n) is 2.33. The van der Waals surface area contributed by atoms with E-state index < -0.39 is 6.04 Å². The number of urea groups is 1. The molecule has 1 atom stereocenters. The van der Waals surface area contributed by atoms with Crippen molar-refractivity contribution in [2.45, 2.75) is 12.5 Å². The molecule has 0 radical (unpaired) electrons. The second-order valence-electron chi connectivity index (χ2n) is 5.33. The first-order valence-corrected chi connectivity index (χ1v) is 7.74. The average molecular weight is 317 g/mol. The van der Waals surface area contributed by atoms with Crippen LogP contribution in [0.15, 0.2) is 36.4 Å². The molecule has 2 N–H and O–H groups in total. The van der Waals surface area contributed by atoms with E-state index in [1.807, 2.05) is 42.5 Å². The third-order valence-electron chi connectivity index (χ3n) is 3.63. The number of carbonyl (C=O) groups excluding carboxylic acids is 2. The van der Waals surface area contributed by atoms with Crippen molar-refractivity contribution in [1.29, 1.82) is 0 Å². The van der Waals surface area contributed by atoms with E-state index in [1.54, 1.807) is 12.0 Å². The molecule has 2 rings (SSSR count). The molecule has 1 aliphatic heterocycles. The smallest absolute Gasteiger partial charge is 0.318 e. The molecule has 3 amide bonds. The summed E-state index contributed by atoms with van der Waals surface area (Å²) in [5, 5.41) is 5.48. The van der Waals surface area contributed by atoms with Gasteiger partial charge in [-0.25, -0.2) is 4.79 Å². The van der Waals surface area contributed by atoms with Crippen molar-refractivity contribution >= 4 is 18.0 Å². The minimum absolute atomic E-state index is 0.120. The lowest BCUT2D eigenvalue weighted by Gasteiger charge is -2.23. The summed E-state index contributed by atoms with van der Waals surface area (Å²) in [4.78, 5) is 25.5. The largest absolute Gasteiger partial charge is 0.383 e. The molecule has 124 valence electrons. The Bertz CT molecular complexity index is 545. The minimum atomic E-state index is -0.439. The Morgan fingerprint density at radius 2 is 2.22 bits per heavy atom. The third-order valence-corrected chi connectivity index (χ3v) is 3.63. The summed E-state index contributed by atoms with van der Waals surface area (Å²) in [6.45, 7) is 1.98. The zero-order valence-corrected chi connectivity index (χ0v) is 13.3. The summed E-state index contributed by atoms with van der Waals surface area (Å²) in [6.07, 6.45) is 4.52. The number of rotatable bonds is 7. The van der Waals surface area contributed by atoms with Crippen LogP contribution in [0.3, 0.4) is 0 Å². The van der Waals surface area contributed by atoms with E-state index in [9.17, 15) is 9.59 Å². The van der Waals surface area contributed by atoms with E-state index in [0.717, 1.165) is 5.56 Å². The Labute approximate surface area is 136 Å². The molecule has 1 aromatic carbocycles. The van der Waals surface area contributed by atoms with Crippen molar-refractivity contribution in [2.24, 2.45) is 0 Å². The Morgan fingerprint density at radius 3 is 2.87 bits per heavy atom. The van der Waals surface area contributed by atoms with E-state index in [2.05, 4.69) is 10.6 Å². The van der Waals surface area contributed by atoms with Gasteiger partial charge in [0.1, 0.15) is 6.04 Å². The SMILES string of the molecule is COCCN(CC=Cc1ccccc1)C(=O)NC1CCNC1=O. The van der Waals surface area contributed by atoms with Gasteiger partial charge in [0.05, 0.1) is 6.61 Å². The highest BCUT2D eigenvalue weighted by Crippen LogP contribution is 2.04. The van der Waals surface area contributed by atoms with Crippen LogP contribution in [0.25, 0.3) is 6.08 Å². The summed E-state index contributed by atoms with van der Waals surface area (Å²) in [5.74, 6) is -0.120. The van der Waals surface area contributed by atoms with Crippen molar-refractivity contribution in [3.8, 4) is 0 Å². The summed E-state index contributed by atoms with van der Waals surface area (Å²) < 4.78 is 5.05. The molecule has 1 aliphatic rings. The van der Waals surface area contributed by atoms with Gasteiger partial charge < -0.3 is 20.3 Å². The molecule has 1 heterocycles. The second-order valence-corrected chi connectivity index (χ2v) is 5.33. The van der Waals surface area contributed by atoms with Gasteiger partial charge in [0.2, 0.25) is 5.91 Å². The number of benzene rings is 1. The van der Waals surface area contributed by atoms with Gasteiger partial charge >= 0.3 is 6.03 Å². The third kappa shape index (κ3) is 5.41. The fourth-order valence-corrected chi connectivity index (χ4v) is 2.33. The molecule has 1 fully saturated rings. The first-order valence-electron chi connectivity index (χ1n) is 7.74. The number of carbonyl (C=O) groups is 2. The van der Waals surface area contributed by atoms with E-state index in [4.69, 9.17) is 4.74 Å². The van der Waals surface area contributed by atoms with E-state index in [0.29, 0.717) is 32.7 Å². The van der Waals surface area contributed by atoms with Crippen LogP contribution in [0.4, 0.5) is 4.79 Å². The highest BCUT2D eigenvalue weighted by Gasteiger charge is 2.27. The van der Waals surface area contributed by atoms with Crippen LogP contribution in [-0.2, 0) is 9.53 Å². The molecule has 6 heteroatoms. The zero-order valence-electron chi connectivity index (χ0n) is 13.3. The summed E-state index contributed by atoms with van der Waals surface area (Å²) >= 11 is 0. The van der Waals surface area contributed by atoms with Crippen molar-refractivity contribution in [3.05, 3.63) is 42.0 Å². The molecule has 1 saturated heterocycles.